The first-order valence-electron chi connectivity index (χ1n) is 8.19. The lowest BCUT2D eigenvalue weighted by Crippen LogP contribution is -2.18. The van der Waals surface area contributed by atoms with E-state index in [2.05, 4.69) is 20.9 Å². The molecule has 6 nitrogen and oxygen atoms in total. The predicted molar refractivity (Wildman–Crippen MR) is 110 cm³/mol. The van der Waals surface area contributed by atoms with Gasteiger partial charge in [-0.1, -0.05) is 11.6 Å². The minimum absolute atomic E-state index is 0.0341. The number of pyridine rings is 1. The lowest BCUT2D eigenvalue weighted by molar-refractivity contribution is 0.209. The second-order valence-corrected chi connectivity index (χ2v) is 9.39. The fourth-order valence-electron chi connectivity index (χ4n) is 2.81. The van der Waals surface area contributed by atoms with Crippen molar-refractivity contribution in [3.63, 3.8) is 0 Å². The second-order valence-electron chi connectivity index (χ2n) is 6.07. The number of carboxylic acid groups (broad SMARTS) is 1. The lowest BCUT2D eigenvalue weighted by atomic mass is 10.0. The van der Waals surface area contributed by atoms with E-state index in [1.807, 2.05) is 5.32 Å². The van der Waals surface area contributed by atoms with Gasteiger partial charge in [0.2, 0.25) is 0 Å². The number of sulfone groups is 1. The summed E-state index contributed by atoms with van der Waals surface area (Å²) in [7, 11) is -4.33. The zero-order chi connectivity index (χ0) is 22.1. The van der Waals surface area contributed by atoms with Crippen LogP contribution in [0.25, 0.3) is 0 Å². The van der Waals surface area contributed by atoms with Crippen LogP contribution in [0.1, 0.15) is 16.4 Å². The van der Waals surface area contributed by atoms with Crippen LogP contribution in [0.5, 0.6) is 0 Å². The van der Waals surface area contributed by atoms with E-state index in [0.717, 1.165) is 24.3 Å². The standard InChI is InChI=1S/C19H12BrClF2N2O4S/c20-15-9-24-17(25-19(26)27)8-13(15)18(14-7-11(22)3-6-16(14)23)30(28,29)12-4-1-10(21)2-5-12/h1-9,18H,(H,24,25)(H,26,27). The molecule has 1 atom stereocenters. The molecule has 1 unspecified atom stereocenters. The summed E-state index contributed by atoms with van der Waals surface area (Å²) in [6, 6.07) is 8.80. The molecule has 1 amide bonds. The normalized spacial score (nSPS) is 12.4. The van der Waals surface area contributed by atoms with E-state index in [1.54, 1.807) is 0 Å². The third-order valence-corrected chi connectivity index (χ3v) is 7.07. The van der Waals surface area contributed by atoms with Gasteiger partial charge >= 0.3 is 6.09 Å². The number of rotatable bonds is 5. The van der Waals surface area contributed by atoms with Gasteiger partial charge < -0.3 is 5.11 Å². The molecule has 0 spiro atoms. The maximum atomic E-state index is 14.7. The molecule has 3 rings (SSSR count). The van der Waals surface area contributed by atoms with Crippen LogP contribution >= 0.6 is 27.5 Å². The van der Waals surface area contributed by atoms with Crippen LogP contribution < -0.4 is 5.32 Å². The van der Waals surface area contributed by atoms with E-state index in [9.17, 15) is 22.0 Å². The van der Waals surface area contributed by atoms with Crippen molar-refractivity contribution < 1.29 is 27.1 Å². The summed E-state index contributed by atoms with van der Waals surface area (Å²) < 4.78 is 55.7. The SMILES string of the molecule is O=C(O)Nc1cc(C(c2cc(F)ccc2F)S(=O)(=O)c2ccc(Cl)cc2)c(Br)cn1. The highest BCUT2D eigenvalue weighted by Crippen LogP contribution is 2.40. The summed E-state index contributed by atoms with van der Waals surface area (Å²) in [6.45, 7) is 0. The molecule has 3 aromatic rings. The minimum atomic E-state index is -4.33. The van der Waals surface area contributed by atoms with Gasteiger partial charge in [-0.3, -0.25) is 5.32 Å². The number of nitrogens with zero attached hydrogens (tertiary/aromatic N) is 1. The van der Waals surface area contributed by atoms with Crippen molar-refractivity contribution in [2.45, 2.75) is 10.1 Å². The van der Waals surface area contributed by atoms with Crippen LogP contribution in [0, 0.1) is 11.6 Å². The molecule has 0 aliphatic carbocycles. The first-order chi connectivity index (χ1) is 14.1. The van der Waals surface area contributed by atoms with Crippen molar-refractivity contribution in [1.29, 1.82) is 0 Å². The fraction of sp³-hybridized carbons (Fsp3) is 0.0526. The molecule has 0 fully saturated rings. The minimum Gasteiger partial charge on any atom is -0.465 e. The molecule has 0 aliphatic heterocycles. The molecule has 0 saturated heterocycles. The highest BCUT2D eigenvalue weighted by molar-refractivity contribution is 9.10. The number of halogens is 4. The molecule has 0 saturated carbocycles. The van der Waals surface area contributed by atoms with E-state index in [-0.39, 0.29) is 20.7 Å². The number of aromatic nitrogens is 1. The van der Waals surface area contributed by atoms with Crippen LogP contribution in [0.4, 0.5) is 19.4 Å². The van der Waals surface area contributed by atoms with Gasteiger partial charge in [0.15, 0.2) is 9.84 Å². The molecule has 0 bridgehead atoms. The Kier molecular flexibility index (Phi) is 6.39. The Labute approximate surface area is 183 Å². The summed E-state index contributed by atoms with van der Waals surface area (Å²) in [5.74, 6) is -1.97. The van der Waals surface area contributed by atoms with Crippen LogP contribution in [0.15, 0.2) is 64.1 Å². The monoisotopic (exact) mass is 516 g/mol. The van der Waals surface area contributed by atoms with Crippen molar-refractivity contribution in [1.82, 2.24) is 4.98 Å². The first-order valence-corrected chi connectivity index (χ1v) is 10.9. The number of amides is 1. The van der Waals surface area contributed by atoms with Crippen LogP contribution in [0.3, 0.4) is 0 Å². The maximum Gasteiger partial charge on any atom is 0.410 e. The topological polar surface area (TPSA) is 96.4 Å². The molecular weight excluding hydrogens is 506 g/mol. The fourth-order valence-corrected chi connectivity index (χ4v) is 5.37. The molecule has 30 heavy (non-hydrogen) atoms. The molecule has 1 aromatic heterocycles. The maximum absolute atomic E-state index is 14.7. The summed E-state index contributed by atoms with van der Waals surface area (Å²) in [6.07, 6.45) is -0.257. The Morgan fingerprint density at radius 3 is 2.40 bits per heavy atom. The van der Waals surface area contributed by atoms with E-state index in [0.29, 0.717) is 5.02 Å². The van der Waals surface area contributed by atoms with Crippen LogP contribution in [-0.2, 0) is 9.84 Å². The van der Waals surface area contributed by atoms with Gasteiger partial charge in [0, 0.05) is 21.3 Å². The first kappa shape index (κ1) is 22.1. The summed E-state index contributed by atoms with van der Waals surface area (Å²) in [5, 5.41) is 9.52. The molecule has 2 N–H and O–H groups in total. The van der Waals surface area contributed by atoms with E-state index < -0.39 is 38.4 Å². The van der Waals surface area contributed by atoms with Gasteiger partial charge in [-0.2, -0.15) is 0 Å². The third-order valence-electron chi connectivity index (χ3n) is 4.10. The van der Waals surface area contributed by atoms with E-state index >= 15 is 0 Å². The van der Waals surface area contributed by atoms with Crippen molar-refractivity contribution in [2.24, 2.45) is 0 Å². The number of benzene rings is 2. The van der Waals surface area contributed by atoms with Crippen LogP contribution in [-0.4, -0.2) is 24.6 Å². The van der Waals surface area contributed by atoms with Gasteiger partial charge in [0.05, 0.1) is 4.90 Å². The predicted octanol–water partition coefficient (Wildman–Crippen LogP) is 5.43. The number of hydrogen-bond donors (Lipinski definition) is 2. The number of carbonyl (C=O) groups is 1. The van der Waals surface area contributed by atoms with E-state index in [4.69, 9.17) is 16.7 Å². The average Bonchev–Trinajstić information content (AvgIpc) is 2.67. The molecule has 156 valence electrons. The quantitative estimate of drug-likeness (QED) is 0.470. The Morgan fingerprint density at radius 1 is 1.10 bits per heavy atom. The Morgan fingerprint density at radius 2 is 1.77 bits per heavy atom. The van der Waals surface area contributed by atoms with Crippen LogP contribution in [0.2, 0.25) is 5.02 Å². The van der Waals surface area contributed by atoms with Gasteiger partial charge in [-0.25, -0.2) is 27.0 Å². The zero-order valence-corrected chi connectivity index (χ0v) is 18.0. The van der Waals surface area contributed by atoms with Crippen molar-refractivity contribution in [2.75, 3.05) is 5.32 Å². The molecular formula is C19H12BrClF2N2O4S. The van der Waals surface area contributed by atoms with Gasteiger partial charge in [0.1, 0.15) is 22.7 Å². The van der Waals surface area contributed by atoms with Gasteiger partial charge in [-0.05, 0) is 70.0 Å². The summed E-state index contributed by atoms with van der Waals surface area (Å²) >= 11 is 9.01. The number of nitrogens with one attached hydrogen (secondary N) is 1. The highest BCUT2D eigenvalue weighted by Gasteiger charge is 2.35. The highest BCUT2D eigenvalue weighted by atomic mass is 79.9. The second kappa shape index (κ2) is 8.66. The Bertz CT molecular complexity index is 1220. The Balaban J connectivity index is 2.30. The van der Waals surface area contributed by atoms with Crippen molar-refractivity contribution >= 4 is 49.3 Å². The molecule has 0 radical (unpaired) electrons. The largest absolute Gasteiger partial charge is 0.465 e. The average molecular weight is 518 g/mol. The Hall–Kier alpha value is -2.56. The summed E-state index contributed by atoms with van der Waals surface area (Å²) in [5.41, 5.74) is -0.480. The smallest absolute Gasteiger partial charge is 0.410 e. The molecule has 2 aromatic carbocycles. The van der Waals surface area contributed by atoms with Crippen molar-refractivity contribution in [3.05, 3.63) is 87.0 Å². The third kappa shape index (κ3) is 4.61. The number of anilines is 1. The van der Waals surface area contributed by atoms with Gasteiger partial charge in [-0.15, -0.1) is 0 Å². The van der Waals surface area contributed by atoms with Crippen molar-refractivity contribution in [3.8, 4) is 0 Å². The number of hydrogen-bond acceptors (Lipinski definition) is 4. The van der Waals surface area contributed by atoms with Gasteiger partial charge in [0.25, 0.3) is 0 Å². The zero-order valence-electron chi connectivity index (χ0n) is 14.8. The molecule has 0 aliphatic rings. The lowest BCUT2D eigenvalue weighted by Gasteiger charge is -2.21. The summed E-state index contributed by atoms with van der Waals surface area (Å²) in [4.78, 5) is 14.6. The molecule has 11 heteroatoms. The molecule has 1 heterocycles. The van der Waals surface area contributed by atoms with E-state index in [1.165, 1.54) is 30.5 Å².